The summed E-state index contributed by atoms with van der Waals surface area (Å²) in [6.07, 6.45) is 3.39. The summed E-state index contributed by atoms with van der Waals surface area (Å²) in [5.41, 5.74) is 5.12. The van der Waals surface area contributed by atoms with Crippen LogP contribution in [-0.2, 0) is 0 Å². The third-order valence-corrected chi connectivity index (χ3v) is 2.53. The van der Waals surface area contributed by atoms with Crippen LogP contribution in [0, 0.1) is 11.3 Å². The normalized spacial score (nSPS) is 30.0. The third kappa shape index (κ3) is 1.33. The molecular weight excluding hydrogens is 120 g/mol. The molecule has 1 unspecified atom stereocenters. The van der Waals surface area contributed by atoms with Gasteiger partial charge in [0.05, 0.1) is 0 Å². The molecule has 0 aromatic rings. The van der Waals surface area contributed by atoms with Gasteiger partial charge in [0, 0.05) is 0 Å². The molecule has 1 aliphatic carbocycles. The zero-order valence-electron chi connectivity index (χ0n) is 7.36. The fraction of sp³-hybridized carbons (Fsp3) is 0.700. The van der Waals surface area contributed by atoms with Gasteiger partial charge in [-0.05, 0) is 36.3 Å². The summed E-state index contributed by atoms with van der Waals surface area (Å²) < 4.78 is 0. The molecule has 0 aliphatic heterocycles. The van der Waals surface area contributed by atoms with Gasteiger partial charge in [-0.25, -0.2) is 0 Å². The first-order valence-electron chi connectivity index (χ1n) is 3.95. The summed E-state index contributed by atoms with van der Waals surface area (Å²) in [5.74, 6) is 0.677. The van der Waals surface area contributed by atoms with E-state index in [1.807, 2.05) is 0 Å². The van der Waals surface area contributed by atoms with Crippen molar-refractivity contribution in [3.8, 4) is 0 Å². The summed E-state index contributed by atoms with van der Waals surface area (Å²) in [4.78, 5) is 0. The minimum Gasteiger partial charge on any atom is -0.126 e. The summed E-state index contributed by atoms with van der Waals surface area (Å²) >= 11 is 0. The van der Waals surface area contributed by atoms with Gasteiger partial charge < -0.3 is 0 Å². The molecule has 0 nitrogen and oxygen atoms in total. The van der Waals surface area contributed by atoms with Crippen LogP contribution >= 0.6 is 0 Å². The van der Waals surface area contributed by atoms with E-state index in [2.05, 4.69) is 39.5 Å². The van der Waals surface area contributed by atoms with Crippen molar-refractivity contribution in [3.05, 3.63) is 17.4 Å². The van der Waals surface area contributed by atoms with Crippen LogP contribution in [-0.4, -0.2) is 0 Å². The first kappa shape index (κ1) is 7.63. The summed E-state index contributed by atoms with van der Waals surface area (Å²) in [5, 5.41) is 0. The molecule has 0 amide bonds. The Balaban J connectivity index is 2.87. The zero-order valence-corrected chi connectivity index (χ0v) is 7.36. The Labute approximate surface area is 63.6 Å². The topological polar surface area (TPSA) is 0 Å². The molecule has 0 saturated heterocycles. The fourth-order valence-electron chi connectivity index (χ4n) is 1.39. The first-order chi connectivity index (χ1) is 4.52. The lowest BCUT2D eigenvalue weighted by molar-refractivity contribution is 0.269. The summed E-state index contributed by atoms with van der Waals surface area (Å²) in [7, 11) is 0. The van der Waals surface area contributed by atoms with Gasteiger partial charge in [0.25, 0.3) is 0 Å². The molecule has 1 atom stereocenters. The van der Waals surface area contributed by atoms with Crippen molar-refractivity contribution in [1.29, 1.82) is 0 Å². The van der Waals surface area contributed by atoms with Gasteiger partial charge in [0.15, 0.2) is 0 Å². The van der Waals surface area contributed by atoms with Crippen LogP contribution in [0.2, 0.25) is 0 Å². The molecule has 1 aliphatic rings. The van der Waals surface area contributed by atoms with E-state index in [9.17, 15) is 0 Å². The Morgan fingerprint density at radius 2 is 2.20 bits per heavy atom. The van der Waals surface area contributed by atoms with Gasteiger partial charge in [-0.2, -0.15) is 0 Å². The minimum atomic E-state index is 0.454. The van der Waals surface area contributed by atoms with Crippen molar-refractivity contribution in [2.75, 3.05) is 0 Å². The van der Waals surface area contributed by atoms with Gasteiger partial charge in [-0.1, -0.05) is 20.8 Å². The molecule has 0 spiro atoms. The minimum absolute atomic E-state index is 0.454. The second-order valence-corrected chi connectivity index (χ2v) is 4.05. The van der Waals surface area contributed by atoms with Gasteiger partial charge in [-0.15, -0.1) is 5.73 Å². The molecule has 0 bridgehead atoms. The molecule has 0 fully saturated rings. The highest BCUT2D eigenvalue weighted by Crippen LogP contribution is 2.36. The predicted octanol–water partition coefficient (Wildman–Crippen LogP) is 3.15. The monoisotopic (exact) mass is 136 g/mol. The van der Waals surface area contributed by atoms with Crippen LogP contribution in [0.25, 0.3) is 0 Å². The Morgan fingerprint density at radius 1 is 1.60 bits per heavy atom. The SMILES string of the molecule is CC1=C=CC(C)C(C)(C)C1. The highest BCUT2D eigenvalue weighted by Gasteiger charge is 2.26. The lowest BCUT2D eigenvalue weighted by Gasteiger charge is -2.31. The third-order valence-electron chi connectivity index (χ3n) is 2.53. The molecule has 0 heterocycles. The van der Waals surface area contributed by atoms with Gasteiger partial charge in [0.1, 0.15) is 0 Å². The Bertz CT molecular complexity index is 190. The molecule has 1 rings (SSSR count). The first-order valence-corrected chi connectivity index (χ1v) is 3.95. The average Bonchev–Trinajstić information content (AvgIpc) is 1.78. The second kappa shape index (κ2) is 2.29. The average molecular weight is 136 g/mol. The van der Waals surface area contributed by atoms with Crippen LogP contribution in [0.15, 0.2) is 17.4 Å². The van der Waals surface area contributed by atoms with E-state index < -0.39 is 0 Å². The molecular formula is C10H16. The quantitative estimate of drug-likeness (QED) is 0.449. The largest absolute Gasteiger partial charge is 0.126 e. The number of allylic oxidation sites excluding steroid dienone is 1. The Kier molecular flexibility index (Phi) is 1.74. The highest BCUT2D eigenvalue weighted by atomic mass is 14.3. The van der Waals surface area contributed by atoms with E-state index in [4.69, 9.17) is 0 Å². The van der Waals surface area contributed by atoms with Crippen molar-refractivity contribution in [2.24, 2.45) is 11.3 Å². The molecule has 0 saturated carbocycles. The van der Waals surface area contributed by atoms with E-state index in [0.717, 1.165) is 0 Å². The van der Waals surface area contributed by atoms with Crippen molar-refractivity contribution < 1.29 is 0 Å². The zero-order chi connectivity index (χ0) is 7.78. The van der Waals surface area contributed by atoms with E-state index in [1.54, 1.807) is 0 Å². The van der Waals surface area contributed by atoms with Gasteiger partial charge >= 0.3 is 0 Å². The number of hydrogen-bond donors (Lipinski definition) is 0. The van der Waals surface area contributed by atoms with Crippen LogP contribution in [0.4, 0.5) is 0 Å². The van der Waals surface area contributed by atoms with Gasteiger partial charge in [-0.3, -0.25) is 0 Å². The van der Waals surface area contributed by atoms with E-state index >= 15 is 0 Å². The highest BCUT2D eigenvalue weighted by molar-refractivity contribution is 5.10. The second-order valence-electron chi connectivity index (χ2n) is 4.05. The van der Waals surface area contributed by atoms with E-state index in [-0.39, 0.29) is 0 Å². The van der Waals surface area contributed by atoms with E-state index in [0.29, 0.717) is 11.3 Å². The van der Waals surface area contributed by atoms with Crippen LogP contribution < -0.4 is 0 Å². The Hall–Kier alpha value is -0.480. The van der Waals surface area contributed by atoms with Crippen molar-refractivity contribution in [1.82, 2.24) is 0 Å². The number of rotatable bonds is 0. The molecule has 0 radical (unpaired) electrons. The molecule has 56 valence electrons. The maximum atomic E-state index is 3.28. The molecule has 0 aromatic heterocycles. The van der Waals surface area contributed by atoms with Crippen molar-refractivity contribution in [2.45, 2.75) is 34.1 Å². The summed E-state index contributed by atoms with van der Waals surface area (Å²) in [6, 6.07) is 0. The molecule has 0 heteroatoms. The fourth-order valence-corrected chi connectivity index (χ4v) is 1.39. The smallest absolute Gasteiger partial charge is 0.0131 e. The predicted molar refractivity (Wildman–Crippen MR) is 44.8 cm³/mol. The molecule has 10 heavy (non-hydrogen) atoms. The number of hydrogen-bond acceptors (Lipinski definition) is 0. The molecule has 0 N–H and O–H groups in total. The van der Waals surface area contributed by atoms with Crippen LogP contribution in [0.1, 0.15) is 34.1 Å². The van der Waals surface area contributed by atoms with Crippen molar-refractivity contribution in [3.63, 3.8) is 0 Å². The van der Waals surface area contributed by atoms with Crippen molar-refractivity contribution >= 4 is 0 Å². The maximum Gasteiger partial charge on any atom is -0.0131 e. The van der Waals surface area contributed by atoms with Gasteiger partial charge in [0.2, 0.25) is 0 Å². The van der Waals surface area contributed by atoms with Crippen LogP contribution in [0.5, 0.6) is 0 Å². The Morgan fingerprint density at radius 3 is 2.60 bits per heavy atom. The lowest BCUT2D eigenvalue weighted by atomic mass is 9.73. The maximum absolute atomic E-state index is 3.28. The van der Waals surface area contributed by atoms with E-state index in [1.165, 1.54) is 12.0 Å². The van der Waals surface area contributed by atoms with Crippen LogP contribution in [0.3, 0.4) is 0 Å². The standard InChI is InChI=1S/C10H16/c1-8-5-6-9(2)10(3,4)7-8/h6,9H,7H2,1-4H3. The summed E-state index contributed by atoms with van der Waals surface area (Å²) in [6.45, 7) is 9.06. The molecule has 0 aromatic carbocycles. The lowest BCUT2D eigenvalue weighted by Crippen LogP contribution is -2.21.